The van der Waals surface area contributed by atoms with Gasteiger partial charge < -0.3 is 24.8 Å². The van der Waals surface area contributed by atoms with Gasteiger partial charge in [-0.3, -0.25) is 4.79 Å². The second-order valence-corrected chi connectivity index (χ2v) is 6.51. The molecule has 0 aliphatic carbocycles. The molecule has 23 heavy (non-hydrogen) atoms. The second-order valence-electron chi connectivity index (χ2n) is 6.51. The molecule has 2 unspecified atom stereocenters. The summed E-state index contributed by atoms with van der Waals surface area (Å²) in [7, 11) is 1.72. The minimum Gasteiger partial charge on any atom is -0.384 e. The Hall–Kier alpha value is -0.400. The van der Waals surface area contributed by atoms with Crippen LogP contribution in [0.2, 0.25) is 0 Å². The number of rotatable bonds is 8. The van der Waals surface area contributed by atoms with Crippen LogP contribution in [0.1, 0.15) is 32.6 Å². The molecule has 2 aliphatic rings. The summed E-state index contributed by atoms with van der Waals surface area (Å²) in [5, 5.41) is 6.39. The number of carbonyl (C=O) groups is 1. The summed E-state index contributed by atoms with van der Waals surface area (Å²) in [6.45, 7) is 6.39. The fraction of sp³-hybridized carbons (Fsp3) is 0.938. The van der Waals surface area contributed by atoms with Crippen molar-refractivity contribution in [1.82, 2.24) is 10.6 Å². The lowest BCUT2D eigenvalue weighted by molar-refractivity contribution is -0.134. The number of hydrogen-bond acceptors (Lipinski definition) is 5. The number of halogens is 1. The van der Waals surface area contributed by atoms with E-state index < -0.39 is 6.10 Å². The van der Waals surface area contributed by atoms with Gasteiger partial charge in [0.25, 0.3) is 0 Å². The Balaban J connectivity index is 0.00000264. The number of ether oxygens (including phenoxy) is 3. The van der Waals surface area contributed by atoms with E-state index >= 15 is 0 Å². The van der Waals surface area contributed by atoms with Crippen LogP contribution in [0.25, 0.3) is 0 Å². The Labute approximate surface area is 145 Å². The minimum atomic E-state index is -0.439. The molecule has 6 nitrogen and oxygen atoms in total. The Morgan fingerprint density at radius 1 is 1.43 bits per heavy atom. The number of piperidine rings is 1. The minimum absolute atomic E-state index is 0. The van der Waals surface area contributed by atoms with Crippen LogP contribution in [0.15, 0.2) is 0 Å². The van der Waals surface area contributed by atoms with Gasteiger partial charge in [-0.05, 0) is 45.7 Å². The summed E-state index contributed by atoms with van der Waals surface area (Å²) in [4.78, 5) is 12.2. The largest absolute Gasteiger partial charge is 0.384 e. The molecular formula is C16H31ClN2O4. The first-order valence-corrected chi connectivity index (χ1v) is 8.36. The van der Waals surface area contributed by atoms with Crippen LogP contribution >= 0.6 is 12.4 Å². The van der Waals surface area contributed by atoms with Gasteiger partial charge in [0.1, 0.15) is 6.10 Å². The van der Waals surface area contributed by atoms with Crippen molar-refractivity contribution in [2.75, 3.05) is 46.6 Å². The zero-order chi connectivity index (χ0) is 15.8. The van der Waals surface area contributed by atoms with Crippen LogP contribution in [0, 0.1) is 5.41 Å². The summed E-state index contributed by atoms with van der Waals surface area (Å²) in [6.07, 6.45) is 3.86. The van der Waals surface area contributed by atoms with E-state index in [1.54, 1.807) is 14.0 Å². The first kappa shape index (κ1) is 20.6. The van der Waals surface area contributed by atoms with Crippen molar-refractivity contribution in [3.8, 4) is 0 Å². The van der Waals surface area contributed by atoms with Gasteiger partial charge in [-0.2, -0.15) is 0 Å². The number of amides is 1. The van der Waals surface area contributed by atoms with E-state index in [1.807, 2.05) is 0 Å². The molecule has 0 bridgehead atoms. The lowest BCUT2D eigenvalue weighted by Crippen LogP contribution is -2.49. The second kappa shape index (κ2) is 10.5. The first-order chi connectivity index (χ1) is 10.7. The van der Waals surface area contributed by atoms with Crippen molar-refractivity contribution in [3.63, 3.8) is 0 Å². The van der Waals surface area contributed by atoms with Gasteiger partial charge >= 0.3 is 0 Å². The highest BCUT2D eigenvalue weighted by Gasteiger charge is 2.33. The molecule has 0 aromatic rings. The van der Waals surface area contributed by atoms with Gasteiger partial charge in [0.15, 0.2) is 0 Å². The maximum atomic E-state index is 12.2. The summed E-state index contributed by atoms with van der Waals surface area (Å²) in [5.41, 5.74) is 0.0456. The number of methoxy groups -OCH3 is 1. The van der Waals surface area contributed by atoms with E-state index in [1.165, 1.54) is 0 Å². The fourth-order valence-electron chi connectivity index (χ4n) is 3.16. The molecule has 7 heteroatoms. The van der Waals surface area contributed by atoms with Crippen molar-refractivity contribution in [2.45, 2.75) is 44.8 Å². The van der Waals surface area contributed by atoms with Gasteiger partial charge in [-0.1, -0.05) is 0 Å². The first-order valence-electron chi connectivity index (χ1n) is 8.36. The fourth-order valence-corrected chi connectivity index (χ4v) is 3.16. The lowest BCUT2D eigenvalue weighted by atomic mass is 9.79. The van der Waals surface area contributed by atoms with Gasteiger partial charge in [-0.25, -0.2) is 0 Å². The molecule has 2 atom stereocenters. The predicted molar refractivity (Wildman–Crippen MR) is 91.1 cm³/mol. The summed E-state index contributed by atoms with van der Waals surface area (Å²) >= 11 is 0. The number of nitrogens with one attached hydrogen (secondary N) is 2. The zero-order valence-electron chi connectivity index (χ0n) is 14.3. The standard InChI is InChI=1S/C16H30N2O4.ClH/c1-13(22-10-14-4-3-9-21-14)15(19)18-11-16(12-20-2)5-7-17-8-6-16;/h13-14,17H,3-12H2,1-2H3,(H,18,19);1H. The van der Waals surface area contributed by atoms with E-state index in [2.05, 4.69) is 10.6 Å². The van der Waals surface area contributed by atoms with Crippen molar-refractivity contribution >= 4 is 18.3 Å². The van der Waals surface area contributed by atoms with Gasteiger partial charge in [0.05, 0.1) is 19.3 Å². The van der Waals surface area contributed by atoms with Crippen molar-refractivity contribution in [1.29, 1.82) is 0 Å². The van der Waals surface area contributed by atoms with E-state index in [0.717, 1.165) is 45.4 Å². The summed E-state index contributed by atoms with van der Waals surface area (Å²) in [6, 6.07) is 0. The molecule has 0 aromatic heterocycles. The van der Waals surface area contributed by atoms with E-state index in [0.29, 0.717) is 19.8 Å². The van der Waals surface area contributed by atoms with Crippen LogP contribution in [0.5, 0.6) is 0 Å². The van der Waals surface area contributed by atoms with E-state index in [9.17, 15) is 4.79 Å². The lowest BCUT2D eigenvalue weighted by Gasteiger charge is -2.37. The highest BCUT2D eigenvalue weighted by atomic mass is 35.5. The maximum absolute atomic E-state index is 12.2. The van der Waals surface area contributed by atoms with Crippen LogP contribution in [-0.2, 0) is 19.0 Å². The molecule has 0 saturated carbocycles. The third kappa shape index (κ3) is 6.55. The SMILES string of the molecule is COCC1(CNC(=O)C(C)OCC2CCCO2)CCNCC1.Cl. The molecule has 2 N–H and O–H groups in total. The van der Waals surface area contributed by atoms with Gasteiger partial charge in [0, 0.05) is 25.7 Å². The Morgan fingerprint density at radius 3 is 2.78 bits per heavy atom. The number of hydrogen-bond donors (Lipinski definition) is 2. The van der Waals surface area contributed by atoms with Crippen molar-refractivity contribution < 1.29 is 19.0 Å². The van der Waals surface area contributed by atoms with Gasteiger partial charge in [-0.15, -0.1) is 12.4 Å². The molecule has 0 aromatic carbocycles. The zero-order valence-corrected chi connectivity index (χ0v) is 15.1. The molecule has 2 rings (SSSR count). The average molecular weight is 351 g/mol. The average Bonchev–Trinajstić information content (AvgIpc) is 3.05. The topological polar surface area (TPSA) is 68.8 Å². The van der Waals surface area contributed by atoms with Crippen LogP contribution in [-0.4, -0.2) is 64.7 Å². The Bertz CT molecular complexity index is 339. The third-order valence-electron chi connectivity index (χ3n) is 4.68. The van der Waals surface area contributed by atoms with Crippen molar-refractivity contribution in [3.05, 3.63) is 0 Å². The molecule has 0 radical (unpaired) electrons. The molecule has 2 saturated heterocycles. The highest BCUT2D eigenvalue weighted by molar-refractivity contribution is 5.85. The van der Waals surface area contributed by atoms with Crippen LogP contribution < -0.4 is 10.6 Å². The highest BCUT2D eigenvalue weighted by Crippen LogP contribution is 2.28. The smallest absolute Gasteiger partial charge is 0.248 e. The molecule has 2 fully saturated rings. The molecule has 0 spiro atoms. The Kier molecular flexibility index (Phi) is 9.39. The quantitative estimate of drug-likeness (QED) is 0.686. The van der Waals surface area contributed by atoms with Crippen LogP contribution in [0.4, 0.5) is 0 Å². The molecular weight excluding hydrogens is 320 g/mol. The summed E-state index contributed by atoms with van der Waals surface area (Å²) in [5.74, 6) is -0.0491. The number of carbonyl (C=O) groups excluding carboxylic acids is 1. The van der Waals surface area contributed by atoms with Crippen LogP contribution in [0.3, 0.4) is 0 Å². The normalized spacial score (nSPS) is 24.7. The molecule has 1 amide bonds. The maximum Gasteiger partial charge on any atom is 0.248 e. The van der Waals surface area contributed by atoms with E-state index in [4.69, 9.17) is 14.2 Å². The van der Waals surface area contributed by atoms with Crippen molar-refractivity contribution in [2.24, 2.45) is 5.41 Å². The van der Waals surface area contributed by atoms with E-state index in [-0.39, 0.29) is 29.8 Å². The summed E-state index contributed by atoms with van der Waals surface area (Å²) < 4.78 is 16.5. The van der Waals surface area contributed by atoms with Gasteiger partial charge in [0.2, 0.25) is 5.91 Å². The monoisotopic (exact) mass is 350 g/mol. The predicted octanol–water partition coefficient (Wildman–Crippen LogP) is 1.12. The molecule has 136 valence electrons. The third-order valence-corrected chi connectivity index (χ3v) is 4.68. The molecule has 2 heterocycles. The Morgan fingerprint density at radius 2 is 2.17 bits per heavy atom. The molecule has 2 aliphatic heterocycles.